The Kier molecular flexibility index (Phi) is 4.73. The fraction of sp³-hybridized carbons (Fsp3) is 0.286. The van der Waals surface area contributed by atoms with Crippen molar-refractivity contribution in [1.29, 1.82) is 0 Å². The summed E-state index contributed by atoms with van der Waals surface area (Å²) in [7, 11) is 3.30. The first-order chi connectivity index (χ1) is 13.6. The molecule has 0 radical (unpaired) electrons. The van der Waals surface area contributed by atoms with E-state index in [1.807, 2.05) is 18.2 Å². The van der Waals surface area contributed by atoms with Crippen LogP contribution in [0.25, 0.3) is 5.70 Å². The van der Waals surface area contributed by atoms with Gasteiger partial charge in [0, 0.05) is 11.3 Å². The minimum Gasteiger partial charge on any atom is -0.497 e. The third-order valence-electron chi connectivity index (χ3n) is 4.97. The summed E-state index contributed by atoms with van der Waals surface area (Å²) < 4.78 is 12.7. The van der Waals surface area contributed by atoms with Crippen molar-refractivity contribution >= 4 is 11.6 Å². The van der Waals surface area contributed by atoms with Crippen molar-refractivity contribution in [1.82, 2.24) is 20.2 Å². The molecule has 0 unspecified atom stereocenters. The Morgan fingerprint density at radius 3 is 2.50 bits per heavy atom. The van der Waals surface area contributed by atoms with E-state index in [1.165, 1.54) is 5.56 Å². The van der Waals surface area contributed by atoms with Crippen molar-refractivity contribution in [3.05, 3.63) is 65.2 Å². The van der Waals surface area contributed by atoms with Crippen LogP contribution in [0, 0.1) is 0 Å². The summed E-state index contributed by atoms with van der Waals surface area (Å²) in [5.41, 5.74) is 4.25. The maximum atomic E-state index is 5.59. The zero-order valence-corrected chi connectivity index (χ0v) is 16.4. The SMILES string of the molecule is COc1ccc(OC)c([C@H]2C=C(c3ccc(C(C)C)cc3)Nc3nnnn32)c1. The van der Waals surface area contributed by atoms with Gasteiger partial charge in [0.15, 0.2) is 0 Å². The maximum Gasteiger partial charge on any atom is 0.248 e. The molecule has 2 heterocycles. The second kappa shape index (κ2) is 7.34. The van der Waals surface area contributed by atoms with Gasteiger partial charge in [-0.3, -0.25) is 0 Å². The number of methoxy groups -OCH3 is 2. The lowest BCUT2D eigenvalue weighted by atomic mass is 9.98. The first-order valence-electron chi connectivity index (χ1n) is 9.19. The summed E-state index contributed by atoms with van der Waals surface area (Å²) in [6.07, 6.45) is 2.10. The average molecular weight is 377 g/mol. The van der Waals surface area contributed by atoms with E-state index in [-0.39, 0.29) is 6.04 Å². The molecule has 0 fully saturated rings. The number of hydrogen-bond donors (Lipinski definition) is 1. The molecule has 1 aliphatic heterocycles. The number of nitrogens with zero attached hydrogens (tertiary/aromatic N) is 4. The highest BCUT2D eigenvalue weighted by Gasteiger charge is 2.27. The van der Waals surface area contributed by atoms with Gasteiger partial charge in [0.05, 0.1) is 14.2 Å². The predicted octanol–water partition coefficient (Wildman–Crippen LogP) is 3.87. The molecule has 1 aromatic heterocycles. The molecule has 0 saturated heterocycles. The zero-order valence-electron chi connectivity index (χ0n) is 16.4. The molecular weight excluding hydrogens is 354 g/mol. The number of rotatable bonds is 5. The lowest BCUT2D eigenvalue weighted by Gasteiger charge is -2.25. The van der Waals surface area contributed by atoms with E-state index >= 15 is 0 Å². The van der Waals surface area contributed by atoms with Crippen molar-refractivity contribution < 1.29 is 9.47 Å². The van der Waals surface area contributed by atoms with Gasteiger partial charge in [0.1, 0.15) is 17.5 Å². The zero-order chi connectivity index (χ0) is 19.7. The van der Waals surface area contributed by atoms with Crippen LogP contribution >= 0.6 is 0 Å². The molecule has 0 spiro atoms. The molecular formula is C21H23N5O2. The van der Waals surface area contributed by atoms with E-state index in [2.05, 4.69) is 65.0 Å². The van der Waals surface area contributed by atoms with Gasteiger partial charge in [0.2, 0.25) is 5.95 Å². The molecule has 1 atom stereocenters. The fourth-order valence-corrected chi connectivity index (χ4v) is 3.36. The third kappa shape index (κ3) is 3.19. The highest BCUT2D eigenvalue weighted by molar-refractivity contribution is 5.77. The highest BCUT2D eigenvalue weighted by Crippen LogP contribution is 2.37. The van der Waals surface area contributed by atoms with Crippen molar-refractivity contribution in [2.75, 3.05) is 19.5 Å². The number of nitrogens with one attached hydrogen (secondary N) is 1. The minimum absolute atomic E-state index is 0.226. The van der Waals surface area contributed by atoms with E-state index in [1.54, 1.807) is 18.9 Å². The van der Waals surface area contributed by atoms with Gasteiger partial charge in [-0.1, -0.05) is 43.2 Å². The number of ether oxygens (including phenoxy) is 2. The monoisotopic (exact) mass is 377 g/mol. The second-order valence-electron chi connectivity index (χ2n) is 6.98. The summed E-state index contributed by atoms with van der Waals surface area (Å²) in [6, 6.07) is 14.0. The van der Waals surface area contributed by atoms with Crippen LogP contribution < -0.4 is 14.8 Å². The Labute approximate surface area is 164 Å². The molecule has 0 amide bonds. The number of allylic oxidation sites excluding steroid dienone is 1. The van der Waals surface area contributed by atoms with Gasteiger partial charge in [0.25, 0.3) is 0 Å². The van der Waals surface area contributed by atoms with Crippen molar-refractivity contribution in [3.63, 3.8) is 0 Å². The molecule has 7 nitrogen and oxygen atoms in total. The molecule has 7 heteroatoms. The highest BCUT2D eigenvalue weighted by atomic mass is 16.5. The molecule has 1 aliphatic rings. The summed E-state index contributed by atoms with van der Waals surface area (Å²) in [5.74, 6) is 2.57. The number of hydrogen-bond acceptors (Lipinski definition) is 6. The Morgan fingerprint density at radius 2 is 1.82 bits per heavy atom. The molecule has 4 rings (SSSR count). The summed E-state index contributed by atoms with van der Waals surface area (Å²) in [6.45, 7) is 4.37. The number of benzene rings is 2. The van der Waals surface area contributed by atoms with Crippen molar-refractivity contribution in [2.45, 2.75) is 25.8 Å². The Bertz CT molecular complexity index is 1010. The topological polar surface area (TPSA) is 74.1 Å². The number of anilines is 1. The number of aromatic nitrogens is 4. The predicted molar refractivity (Wildman–Crippen MR) is 108 cm³/mol. The van der Waals surface area contributed by atoms with E-state index < -0.39 is 0 Å². The molecule has 0 aliphatic carbocycles. The van der Waals surface area contributed by atoms with Crippen LogP contribution in [0.15, 0.2) is 48.5 Å². The summed E-state index contributed by atoms with van der Waals surface area (Å²) >= 11 is 0. The van der Waals surface area contributed by atoms with Crippen LogP contribution in [0.3, 0.4) is 0 Å². The fourth-order valence-electron chi connectivity index (χ4n) is 3.36. The average Bonchev–Trinajstić information content (AvgIpc) is 3.21. The van der Waals surface area contributed by atoms with Gasteiger partial charge >= 0.3 is 0 Å². The third-order valence-corrected chi connectivity index (χ3v) is 4.97. The number of tetrazole rings is 1. The number of fused-ring (bicyclic) bond motifs is 1. The van der Waals surface area contributed by atoms with E-state index in [0.29, 0.717) is 11.9 Å². The summed E-state index contributed by atoms with van der Waals surface area (Å²) in [4.78, 5) is 0. The van der Waals surface area contributed by atoms with Crippen LogP contribution in [0.4, 0.5) is 5.95 Å². The van der Waals surface area contributed by atoms with Gasteiger partial charge in [-0.25, -0.2) is 0 Å². The smallest absolute Gasteiger partial charge is 0.248 e. The molecule has 0 saturated carbocycles. The van der Waals surface area contributed by atoms with Gasteiger partial charge in [-0.05, 0) is 51.7 Å². The van der Waals surface area contributed by atoms with Crippen LogP contribution in [0.1, 0.15) is 42.5 Å². The van der Waals surface area contributed by atoms with Crippen LogP contribution in [0.2, 0.25) is 0 Å². The van der Waals surface area contributed by atoms with E-state index in [0.717, 1.165) is 28.3 Å². The normalized spacial score (nSPS) is 15.6. The Hall–Kier alpha value is -3.35. The van der Waals surface area contributed by atoms with Crippen molar-refractivity contribution in [2.24, 2.45) is 0 Å². The van der Waals surface area contributed by atoms with Crippen LogP contribution in [-0.2, 0) is 0 Å². The molecule has 0 bridgehead atoms. The molecule has 2 aromatic carbocycles. The van der Waals surface area contributed by atoms with Gasteiger partial charge < -0.3 is 14.8 Å². The standard InChI is InChI=1S/C21H23N5O2/c1-13(2)14-5-7-15(8-6-14)18-12-19(26-21(22-18)23-24-25-26)17-11-16(27-3)9-10-20(17)28-4/h5-13,19H,1-4H3,(H,22,23,25)/t19-/m1/s1. The molecule has 1 N–H and O–H groups in total. The molecule has 3 aromatic rings. The minimum atomic E-state index is -0.226. The van der Waals surface area contributed by atoms with Crippen molar-refractivity contribution in [3.8, 4) is 11.5 Å². The Morgan fingerprint density at radius 1 is 1.04 bits per heavy atom. The lowest BCUT2D eigenvalue weighted by molar-refractivity contribution is 0.393. The van der Waals surface area contributed by atoms with E-state index in [4.69, 9.17) is 9.47 Å². The first-order valence-corrected chi connectivity index (χ1v) is 9.19. The largest absolute Gasteiger partial charge is 0.497 e. The van der Waals surface area contributed by atoms with E-state index in [9.17, 15) is 0 Å². The molecule has 28 heavy (non-hydrogen) atoms. The maximum absolute atomic E-state index is 5.59. The molecule has 144 valence electrons. The Balaban J connectivity index is 1.80. The van der Waals surface area contributed by atoms with Gasteiger partial charge in [-0.15, -0.1) is 0 Å². The second-order valence-corrected chi connectivity index (χ2v) is 6.98. The van der Waals surface area contributed by atoms with Gasteiger partial charge in [-0.2, -0.15) is 4.68 Å². The lowest BCUT2D eigenvalue weighted by Crippen LogP contribution is -2.20. The first kappa shape index (κ1) is 18.0. The van der Waals surface area contributed by atoms with Crippen LogP contribution in [0.5, 0.6) is 11.5 Å². The van der Waals surface area contributed by atoms with Crippen LogP contribution in [-0.4, -0.2) is 34.4 Å². The summed E-state index contributed by atoms with van der Waals surface area (Å²) in [5, 5.41) is 15.5. The quantitative estimate of drug-likeness (QED) is 0.728.